The third kappa shape index (κ3) is 4.11. The molecule has 2 saturated carbocycles. The Kier molecular flexibility index (Phi) is 5.13. The summed E-state index contributed by atoms with van der Waals surface area (Å²) in [6, 6.07) is -0.0329. The summed E-state index contributed by atoms with van der Waals surface area (Å²) in [5, 5.41) is 11.5. The SMILES string of the molecule is CCC(F)(F)C[C@H](NC(=O)N1CCC2(CC1)CC2(F)F)C(=O)CC1(C#N)CC1. The first-order valence-corrected chi connectivity index (χ1v) is 9.72. The van der Waals surface area contributed by atoms with Crippen molar-refractivity contribution in [3.05, 3.63) is 0 Å². The van der Waals surface area contributed by atoms with Gasteiger partial charge in [0.2, 0.25) is 5.92 Å². The van der Waals surface area contributed by atoms with E-state index in [2.05, 4.69) is 11.4 Å². The van der Waals surface area contributed by atoms with E-state index in [1.165, 1.54) is 11.8 Å². The summed E-state index contributed by atoms with van der Waals surface area (Å²) in [6.45, 7) is 1.50. The van der Waals surface area contributed by atoms with Gasteiger partial charge in [-0.1, -0.05) is 6.92 Å². The van der Waals surface area contributed by atoms with Gasteiger partial charge in [-0.05, 0) is 25.7 Å². The van der Waals surface area contributed by atoms with E-state index in [-0.39, 0.29) is 38.8 Å². The maximum atomic E-state index is 13.9. The topological polar surface area (TPSA) is 73.2 Å². The molecule has 0 radical (unpaired) electrons. The van der Waals surface area contributed by atoms with Gasteiger partial charge in [-0.2, -0.15) is 5.26 Å². The molecule has 0 aromatic rings. The summed E-state index contributed by atoms with van der Waals surface area (Å²) in [4.78, 5) is 26.4. The highest BCUT2D eigenvalue weighted by Crippen LogP contribution is 2.65. The number of nitrogens with zero attached hydrogens (tertiary/aromatic N) is 2. The van der Waals surface area contributed by atoms with E-state index in [9.17, 15) is 27.2 Å². The second-order valence-electron chi connectivity index (χ2n) is 8.60. The second-order valence-corrected chi connectivity index (χ2v) is 8.60. The number of hydrogen-bond donors (Lipinski definition) is 1. The minimum absolute atomic E-state index is 0.106. The number of alkyl halides is 4. The molecule has 1 N–H and O–H groups in total. The van der Waals surface area contributed by atoms with Gasteiger partial charge in [0.1, 0.15) is 0 Å². The van der Waals surface area contributed by atoms with Crippen LogP contribution in [0.3, 0.4) is 0 Å². The average Bonchev–Trinajstić information content (AvgIpc) is 3.51. The summed E-state index contributed by atoms with van der Waals surface area (Å²) in [7, 11) is 0. The Bertz CT molecular complexity index is 692. The Morgan fingerprint density at radius 2 is 1.79 bits per heavy atom. The predicted molar refractivity (Wildman–Crippen MR) is 91.9 cm³/mol. The number of carbonyl (C=O) groups is 2. The lowest BCUT2D eigenvalue weighted by Gasteiger charge is -2.34. The van der Waals surface area contributed by atoms with Crippen LogP contribution in [0.1, 0.15) is 58.3 Å². The van der Waals surface area contributed by atoms with E-state index in [1.807, 2.05) is 0 Å². The van der Waals surface area contributed by atoms with Crippen LogP contribution in [-0.4, -0.2) is 47.7 Å². The third-order valence-corrected chi connectivity index (χ3v) is 6.53. The van der Waals surface area contributed by atoms with Crippen molar-refractivity contribution in [2.45, 2.75) is 76.2 Å². The molecule has 0 aromatic heterocycles. The third-order valence-electron chi connectivity index (χ3n) is 6.53. The molecule has 1 aliphatic heterocycles. The molecule has 1 heterocycles. The Morgan fingerprint density at radius 3 is 2.21 bits per heavy atom. The van der Waals surface area contributed by atoms with Crippen LogP contribution in [0, 0.1) is 22.2 Å². The van der Waals surface area contributed by atoms with Gasteiger partial charge in [0.15, 0.2) is 5.78 Å². The standard InChI is InChI=1S/C19H25F4N3O2/c1-2-18(20,21)9-13(14(27)10-16(12-24)3-4-16)25-15(28)26-7-5-17(6-8-26)11-19(17,22)23/h13H,2-11H2,1H3,(H,25,28)/t13-/m0/s1. The molecule has 0 aromatic carbocycles. The van der Waals surface area contributed by atoms with E-state index in [4.69, 9.17) is 5.26 Å². The van der Waals surface area contributed by atoms with Crippen molar-refractivity contribution < 1.29 is 27.2 Å². The molecule has 156 valence electrons. The zero-order valence-corrected chi connectivity index (χ0v) is 15.9. The van der Waals surface area contributed by atoms with Gasteiger partial charge in [-0.25, -0.2) is 22.4 Å². The highest BCUT2D eigenvalue weighted by molar-refractivity contribution is 5.89. The van der Waals surface area contributed by atoms with E-state index >= 15 is 0 Å². The van der Waals surface area contributed by atoms with Crippen molar-refractivity contribution in [1.82, 2.24) is 10.2 Å². The van der Waals surface area contributed by atoms with Crippen LogP contribution in [0.2, 0.25) is 0 Å². The van der Waals surface area contributed by atoms with Crippen LogP contribution in [0.5, 0.6) is 0 Å². The normalized spacial score (nSPS) is 24.9. The molecular weight excluding hydrogens is 378 g/mol. The number of likely N-dealkylation sites (tertiary alicyclic amines) is 1. The number of halogens is 4. The summed E-state index contributed by atoms with van der Waals surface area (Å²) in [5.74, 6) is -6.39. The molecule has 2 amide bonds. The maximum Gasteiger partial charge on any atom is 0.317 e. The highest BCUT2D eigenvalue weighted by atomic mass is 19.3. The van der Waals surface area contributed by atoms with Crippen LogP contribution in [0.15, 0.2) is 0 Å². The number of piperidine rings is 1. The molecule has 1 atom stereocenters. The first-order chi connectivity index (χ1) is 13.0. The van der Waals surface area contributed by atoms with Gasteiger partial charge in [0.25, 0.3) is 5.92 Å². The fourth-order valence-electron chi connectivity index (χ4n) is 3.93. The van der Waals surface area contributed by atoms with Crippen LogP contribution in [0.25, 0.3) is 0 Å². The molecule has 3 rings (SSSR count). The average molecular weight is 403 g/mol. The number of rotatable bonds is 7. The monoisotopic (exact) mass is 403 g/mol. The fraction of sp³-hybridized carbons (Fsp3) is 0.842. The highest BCUT2D eigenvalue weighted by Gasteiger charge is 2.70. The Labute approximate surface area is 161 Å². The van der Waals surface area contributed by atoms with Gasteiger partial charge in [-0.15, -0.1) is 0 Å². The smallest absolute Gasteiger partial charge is 0.317 e. The molecule has 3 aliphatic rings. The van der Waals surface area contributed by atoms with E-state index in [0.717, 1.165) is 0 Å². The van der Waals surface area contributed by atoms with Gasteiger partial charge in [-0.3, -0.25) is 4.79 Å². The van der Waals surface area contributed by atoms with Gasteiger partial charge in [0, 0.05) is 44.2 Å². The molecule has 9 heteroatoms. The number of nitrogens with one attached hydrogen (secondary N) is 1. The van der Waals surface area contributed by atoms with Crippen molar-refractivity contribution >= 4 is 11.8 Å². The quantitative estimate of drug-likeness (QED) is 0.656. The van der Waals surface area contributed by atoms with E-state index in [0.29, 0.717) is 12.8 Å². The van der Waals surface area contributed by atoms with Crippen molar-refractivity contribution in [3.63, 3.8) is 0 Å². The fourth-order valence-corrected chi connectivity index (χ4v) is 3.93. The van der Waals surface area contributed by atoms with Crippen molar-refractivity contribution in [1.29, 1.82) is 5.26 Å². The summed E-state index contributed by atoms with van der Waals surface area (Å²) >= 11 is 0. The molecule has 5 nitrogen and oxygen atoms in total. The number of urea groups is 1. The van der Waals surface area contributed by atoms with Gasteiger partial charge >= 0.3 is 6.03 Å². The predicted octanol–water partition coefficient (Wildman–Crippen LogP) is 3.88. The van der Waals surface area contributed by atoms with Gasteiger partial charge in [0.05, 0.1) is 17.5 Å². The van der Waals surface area contributed by atoms with Crippen LogP contribution < -0.4 is 5.32 Å². The molecule has 1 saturated heterocycles. The zero-order valence-electron chi connectivity index (χ0n) is 15.9. The van der Waals surface area contributed by atoms with Crippen molar-refractivity contribution in [2.24, 2.45) is 10.8 Å². The van der Waals surface area contributed by atoms with E-state index in [1.54, 1.807) is 0 Å². The summed E-state index contributed by atoms with van der Waals surface area (Å²) in [6.07, 6.45) is -0.226. The minimum atomic E-state index is -3.13. The molecule has 0 bridgehead atoms. The second kappa shape index (κ2) is 6.89. The molecular formula is C19H25F4N3O2. The van der Waals surface area contributed by atoms with Gasteiger partial charge < -0.3 is 10.2 Å². The number of Topliss-reactive ketones (excluding diaryl/α,β-unsaturated/α-hetero) is 1. The lowest BCUT2D eigenvalue weighted by atomic mass is 9.92. The lowest BCUT2D eigenvalue weighted by molar-refractivity contribution is -0.124. The minimum Gasteiger partial charge on any atom is -0.328 e. The van der Waals surface area contributed by atoms with Crippen LogP contribution >= 0.6 is 0 Å². The largest absolute Gasteiger partial charge is 0.328 e. The maximum absolute atomic E-state index is 13.9. The first-order valence-electron chi connectivity index (χ1n) is 9.72. The molecule has 0 unspecified atom stereocenters. The molecule has 1 spiro atoms. The number of hydrogen-bond acceptors (Lipinski definition) is 3. The first kappa shape index (κ1) is 20.9. The van der Waals surface area contributed by atoms with Crippen LogP contribution in [-0.2, 0) is 4.79 Å². The van der Waals surface area contributed by atoms with Crippen molar-refractivity contribution in [3.8, 4) is 6.07 Å². The Hall–Kier alpha value is -1.85. The summed E-state index contributed by atoms with van der Waals surface area (Å²) < 4.78 is 54.8. The van der Waals surface area contributed by atoms with E-state index < -0.39 is 53.4 Å². The molecule has 3 fully saturated rings. The Balaban J connectivity index is 1.61. The van der Waals surface area contributed by atoms with Crippen LogP contribution in [0.4, 0.5) is 22.4 Å². The zero-order chi connectivity index (χ0) is 20.8. The number of nitriles is 1. The summed E-state index contributed by atoms with van der Waals surface area (Å²) in [5.41, 5.74) is -1.82. The number of carbonyl (C=O) groups excluding carboxylic acids is 2. The number of ketones is 1. The van der Waals surface area contributed by atoms with Crippen molar-refractivity contribution in [2.75, 3.05) is 13.1 Å². The number of amides is 2. The lowest BCUT2D eigenvalue weighted by Crippen LogP contribution is -2.52. The molecule has 2 aliphatic carbocycles. The molecule has 28 heavy (non-hydrogen) atoms. The Morgan fingerprint density at radius 1 is 1.21 bits per heavy atom.